The summed E-state index contributed by atoms with van der Waals surface area (Å²) >= 11 is 0. The third kappa shape index (κ3) is 2.93. The lowest BCUT2D eigenvalue weighted by atomic mass is 10.3. The second-order valence-corrected chi connectivity index (χ2v) is 4.90. The van der Waals surface area contributed by atoms with Gasteiger partial charge in [-0.2, -0.15) is 0 Å². The van der Waals surface area contributed by atoms with Crippen molar-refractivity contribution in [2.45, 2.75) is 38.6 Å². The Bertz CT molecular complexity index is 396. The number of carbonyl (C=O) groups is 1. The number of amides is 1. The Hall–Kier alpha value is -1.29. The number of aliphatic hydroxyl groups excluding tert-OH is 1. The molecule has 4 heteroatoms. The van der Waals surface area contributed by atoms with Crippen molar-refractivity contribution in [1.29, 1.82) is 0 Å². The molecule has 0 bridgehead atoms. The van der Waals surface area contributed by atoms with Crippen LogP contribution in [0.4, 0.5) is 0 Å². The van der Waals surface area contributed by atoms with Crippen molar-refractivity contribution in [1.82, 2.24) is 9.47 Å². The molecule has 1 heterocycles. The molecule has 1 saturated carbocycles. The summed E-state index contributed by atoms with van der Waals surface area (Å²) in [5.74, 6) is 0.0504. The summed E-state index contributed by atoms with van der Waals surface area (Å²) in [5.41, 5.74) is 0.766. The van der Waals surface area contributed by atoms with Crippen LogP contribution >= 0.6 is 0 Å². The molecule has 0 radical (unpaired) electrons. The van der Waals surface area contributed by atoms with Gasteiger partial charge < -0.3 is 14.6 Å². The van der Waals surface area contributed by atoms with E-state index in [0.29, 0.717) is 12.6 Å². The Morgan fingerprint density at radius 3 is 2.89 bits per heavy atom. The third-order valence-electron chi connectivity index (χ3n) is 3.38. The highest BCUT2D eigenvalue weighted by atomic mass is 16.3. The standard InChI is InChI=1S/C14H22N2O2/c1-2-3-8-15(10-11-17)14(18)13-5-4-9-16(13)12-6-7-12/h4-5,9,12,17H,2-3,6-8,10-11H2,1H3. The summed E-state index contributed by atoms with van der Waals surface area (Å²) in [7, 11) is 0. The van der Waals surface area contributed by atoms with E-state index in [-0.39, 0.29) is 12.5 Å². The average molecular weight is 250 g/mol. The molecule has 0 spiro atoms. The van der Waals surface area contributed by atoms with Crippen molar-refractivity contribution < 1.29 is 9.90 Å². The van der Waals surface area contributed by atoms with Gasteiger partial charge in [0.15, 0.2) is 0 Å². The molecule has 1 amide bonds. The van der Waals surface area contributed by atoms with E-state index >= 15 is 0 Å². The van der Waals surface area contributed by atoms with E-state index in [2.05, 4.69) is 11.5 Å². The first-order chi connectivity index (χ1) is 8.77. The van der Waals surface area contributed by atoms with E-state index in [4.69, 9.17) is 5.11 Å². The fourth-order valence-corrected chi connectivity index (χ4v) is 2.19. The lowest BCUT2D eigenvalue weighted by molar-refractivity contribution is 0.0708. The number of unbranched alkanes of at least 4 members (excludes halogenated alkanes) is 1. The van der Waals surface area contributed by atoms with Crippen LogP contribution in [0.25, 0.3) is 0 Å². The smallest absolute Gasteiger partial charge is 0.270 e. The van der Waals surface area contributed by atoms with Crippen LogP contribution in [0.3, 0.4) is 0 Å². The van der Waals surface area contributed by atoms with Gasteiger partial charge in [-0.05, 0) is 31.4 Å². The first-order valence-electron chi connectivity index (χ1n) is 6.85. The highest BCUT2D eigenvalue weighted by molar-refractivity contribution is 5.92. The lowest BCUT2D eigenvalue weighted by Crippen LogP contribution is -2.35. The topological polar surface area (TPSA) is 45.5 Å². The Morgan fingerprint density at radius 2 is 2.28 bits per heavy atom. The fraction of sp³-hybridized carbons (Fsp3) is 0.643. The summed E-state index contributed by atoms with van der Waals surface area (Å²) in [5, 5.41) is 9.07. The lowest BCUT2D eigenvalue weighted by Gasteiger charge is -2.22. The molecule has 0 saturated heterocycles. The minimum atomic E-state index is 0.0274. The predicted molar refractivity (Wildman–Crippen MR) is 70.6 cm³/mol. The molecule has 1 aromatic rings. The van der Waals surface area contributed by atoms with Crippen molar-refractivity contribution >= 4 is 5.91 Å². The molecule has 1 fully saturated rings. The number of nitrogens with zero attached hydrogens (tertiary/aromatic N) is 2. The maximum Gasteiger partial charge on any atom is 0.270 e. The molecule has 0 atom stereocenters. The van der Waals surface area contributed by atoms with Gasteiger partial charge in [-0.25, -0.2) is 0 Å². The Morgan fingerprint density at radius 1 is 1.50 bits per heavy atom. The number of carbonyl (C=O) groups excluding carboxylic acids is 1. The molecule has 4 nitrogen and oxygen atoms in total. The van der Waals surface area contributed by atoms with Crippen LogP contribution in [0.5, 0.6) is 0 Å². The van der Waals surface area contributed by atoms with Crippen LogP contribution in [0.1, 0.15) is 49.1 Å². The third-order valence-corrected chi connectivity index (χ3v) is 3.38. The fourth-order valence-electron chi connectivity index (χ4n) is 2.19. The maximum absolute atomic E-state index is 12.4. The molecule has 18 heavy (non-hydrogen) atoms. The van der Waals surface area contributed by atoms with Crippen LogP contribution in [0.15, 0.2) is 18.3 Å². The molecule has 1 aliphatic rings. The maximum atomic E-state index is 12.4. The normalized spacial score (nSPS) is 14.8. The van der Waals surface area contributed by atoms with Crippen LogP contribution in [-0.4, -0.2) is 40.2 Å². The van der Waals surface area contributed by atoms with Gasteiger partial charge in [0, 0.05) is 25.3 Å². The molecular weight excluding hydrogens is 228 g/mol. The zero-order valence-corrected chi connectivity index (χ0v) is 11.0. The van der Waals surface area contributed by atoms with E-state index in [9.17, 15) is 4.79 Å². The predicted octanol–water partition coefficient (Wildman–Crippen LogP) is 2.06. The van der Waals surface area contributed by atoms with Crippen LogP contribution in [0, 0.1) is 0 Å². The van der Waals surface area contributed by atoms with E-state index in [0.717, 1.165) is 25.1 Å². The number of hydrogen-bond acceptors (Lipinski definition) is 2. The number of aliphatic hydroxyl groups is 1. The Balaban J connectivity index is 2.08. The summed E-state index contributed by atoms with van der Waals surface area (Å²) in [4.78, 5) is 14.2. The van der Waals surface area contributed by atoms with Gasteiger partial charge in [-0.3, -0.25) is 4.79 Å². The summed E-state index contributed by atoms with van der Waals surface area (Å²) in [6.07, 6.45) is 6.37. The van der Waals surface area contributed by atoms with E-state index in [1.165, 1.54) is 12.8 Å². The first kappa shape index (κ1) is 13.1. The zero-order chi connectivity index (χ0) is 13.0. The molecule has 1 N–H and O–H groups in total. The highest BCUT2D eigenvalue weighted by Gasteiger charge is 2.28. The minimum absolute atomic E-state index is 0.0274. The van der Waals surface area contributed by atoms with Crippen molar-refractivity contribution in [3.8, 4) is 0 Å². The van der Waals surface area contributed by atoms with Crippen molar-refractivity contribution in [3.63, 3.8) is 0 Å². The van der Waals surface area contributed by atoms with Crippen molar-refractivity contribution in [2.75, 3.05) is 19.7 Å². The van der Waals surface area contributed by atoms with Gasteiger partial charge in [-0.15, -0.1) is 0 Å². The summed E-state index contributed by atoms with van der Waals surface area (Å²) in [6.45, 7) is 3.29. The van der Waals surface area contributed by atoms with Gasteiger partial charge in [-0.1, -0.05) is 13.3 Å². The first-order valence-corrected chi connectivity index (χ1v) is 6.85. The van der Waals surface area contributed by atoms with Gasteiger partial charge in [0.2, 0.25) is 0 Å². The van der Waals surface area contributed by atoms with E-state index in [1.807, 2.05) is 18.3 Å². The van der Waals surface area contributed by atoms with Gasteiger partial charge in [0.25, 0.3) is 5.91 Å². The molecule has 1 aromatic heterocycles. The Kier molecular flexibility index (Phi) is 4.42. The highest BCUT2D eigenvalue weighted by Crippen LogP contribution is 2.36. The van der Waals surface area contributed by atoms with E-state index in [1.54, 1.807) is 4.90 Å². The molecule has 2 rings (SSSR count). The van der Waals surface area contributed by atoms with Gasteiger partial charge in [0.1, 0.15) is 5.69 Å². The largest absolute Gasteiger partial charge is 0.395 e. The van der Waals surface area contributed by atoms with Crippen molar-refractivity contribution in [3.05, 3.63) is 24.0 Å². The monoisotopic (exact) mass is 250 g/mol. The molecule has 0 aromatic carbocycles. The molecule has 100 valence electrons. The quantitative estimate of drug-likeness (QED) is 0.805. The molecule has 0 unspecified atom stereocenters. The second-order valence-electron chi connectivity index (χ2n) is 4.90. The van der Waals surface area contributed by atoms with Crippen LogP contribution < -0.4 is 0 Å². The molecule has 1 aliphatic carbocycles. The summed E-state index contributed by atoms with van der Waals surface area (Å²) < 4.78 is 2.08. The number of hydrogen-bond donors (Lipinski definition) is 1. The van der Waals surface area contributed by atoms with Crippen molar-refractivity contribution in [2.24, 2.45) is 0 Å². The van der Waals surface area contributed by atoms with Gasteiger partial charge in [0.05, 0.1) is 6.61 Å². The van der Waals surface area contributed by atoms with Crippen LogP contribution in [-0.2, 0) is 0 Å². The second kappa shape index (κ2) is 6.05. The Labute approximate surface area is 108 Å². The van der Waals surface area contributed by atoms with Crippen LogP contribution in [0.2, 0.25) is 0 Å². The average Bonchev–Trinajstić information content (AvgIpc) is 3.11. The molecular formula is C14H22N2O2. The zero-order valence-electron chi connectivity index (χ0n) is 11.0. The number of aromatic nitrogens is 1. The molecule has 0 aliphatic heterocycles. The summed E-state index contributed by atoms with van der Waals surface area (Å²) in [6, 6.07) is 4.33. The van der Waals surface area contributed by atoms with Gasteiger partial charge >= 0.3 is 0 Å². The number of rotatable bonds is 7. The SMILES string of the molecule is CCCCN(CCO)C(=O)c1cccn1C1CC1. The minimum Gasteiger partial charge on any atom is -0.395 e. The van der Waals surface area contributed by atoms with E-state index < -0.39 is 0 Å².